The van der Waals surface area contributed by atoms with Gasteiger partial charge in [0.1, 0.15) is 23.8 Å². The van der Waals surface area contributed by atoms with Crippen molar-refractivity contribution in [2.75, 3.05) is 13.1 Å². The van der Waals surface area contributed by atoms with E-state index in [9.17, 15) is 51.9 Å². The van der Waals surface area contributed by atoms with Crippen LogP contribution in [0, 0.1) is 0 Å². The number of carbonyl (C=O) groups is 6. The Bertz CT molecular complexity index is 2250. The summed E-state index contributed by atoms with van der Waals surface area (Å²) in [6.45, 7) is 1.24. The number of benzene rings is 3. The number of halogens is 2. The zero-order valence-electron chi connectivity index (χ0n) is 31.8. The minimum Gasteiger partial charge on any atom is -0.370 e. The van der Waals surface area contributed by atoms with Gasteiger partial charge in [-0.3, -0.25) is 33.3 Å². The van der Waals surface area contributed by atoms with Crippen molar-refractivity contribution in [2.24, 2.45) is 5.73 Å². The summed E-state index contributed by atoms with van der Waals surface area (Å²) in [6.07, 6.45) is 0.505. The minimum absolute atomic E-state index is 0.0280. The van der Waals surface area contributed by atoms with Crippen LogP contribution in [0.1, 0.15) is 72.2 Å². The summed E-state index contributed by atoms with van der Waals surface area (Å²) in [5, 5.41) is 8.38. The van der Waals surface area contributed by atoms with E-state index >= 15 is 0 Å². The van der Waals surface area contributed by atoms with Crippen molar-refractivity contribution in [1.82, 2.24) is 30.7 Å². The van der Waals surface area contributed by atoms with Gasteiger partial charge in [-0.2, -0.15) is 8.78 Å². The van der Waals surface area contributed by atoms with Gasteiger partial charge in [0.05, 0.1) is 6.04 Å². The predicted molar refractivity (Wildman–Crippen MR) is 209 cm³/mol. The third kappa shape index (κ3) is 9.51. The maximum Gasteiger partial charge on any atom is 0.399 e. The minimum atomic E-state index is -5.87. The molecule has 19 heteroatoms. The second-order valence-electron chi connectivity index (χ2n) is 14.7. The number of amides is 6. The molecule has 312 valence electrons. The lowest BCUT2D eigenvalue weighted by Crippen LogP contribution is -2.62. The molecule has 4 aromatic rings. The SMILES string of the molecule is CC(=O)N1CC[C@H]2CC[C@@H](C(=O)NC(CCC(N)=O)C(=O)NC(c3ccccc3)c3ccccc3)N2C(=O)[C@@H](NC(=O)c2cc3cc(C(F)(F)P(=O)(O)O)ccc3[nH]2)C1. The fraction of sp³-hybridized carbons (Fsp3) is 0.350. The van der Waals surface area contributed by atoms with E-state index in [0.29, 0.717) is 12.8 Å². The Kier molecular flexibility index (Phi) is 12.6. The molecule has 0 saturated carbocycles. The standard InChI is InChI=1S/C40H44F2N7O9P/c1-23(50)48-19-18-28-13-16-33(38(54)45-30(15-17-34(43)51)36(52)47-35(24-8-4-2-5-9-24)25-10-6-3-7-11-25)49(28)39(55)32(22-48)46-37(53)31-21-26-20-27(12-14-29(26)44-31)40(41,42)59(56,57)58/h2-12,14,20-21,28,30,32-33,35,44H,13,15-19,22H2,1H3,(H2,43,51)(H,45,54)(H,46,53)(H,47,52)(H2,56,57,58)/t28-,30?,32+,33+/m1/s1. The lowest BCUT2D eigenvalue weighted by molar-refractivity contribution is -0.145. The number of aromatic amines is 1. The number of hydrogen-bond acceptors (Lipinski definition) is 7. The molecule has 2 saturated heterocycles. The molecule has 16 nitrogen and oxygen atoms in total. The molecule has 2 aliphatic heterocycles. The average Bonchev–Trinajstić information content (AvgIpc) is 3.83. The average molecular weight is 836 g/mol. The number of alkyl halides is 2. The van der Waals surface area contributed by atoms with E-state index in [-0.39, 0.29) is 54.9 Å². The number of primary amides is 1. The fourth-order valence-electron chi connectivity index (χ4n) is 7.59. The summed E-state index contributed by atoms with van der Waals surface area (Å²) < 4.78 is 40.3. The maximum atomic E-state index is 14.4. The Labute approximate surface area is 337 Å². The number of rotatable bonds is 13. The number of nitrogens with two attached hydrogens (primary N) is 1. The Morgan fingerprint density at radius 3 is 2.17 bits per heavy atom. The van der Waals surface area contributed by atoms with Gasteiger partial charge in [0, 0.05) is 48.9 Å². The quantitative estimate of drug-likeness (QED) is 0.0978. The highest BCUT2D eigenvalue weighted by molar-refractivity contribution is 7.52. The molecule has 1 unspecified atom stereocenters. The Morgan fingerprint density at radius 2 is 1.58 bits per heavy atom. The van der Waals surface area contributed by atoms with Crippen LogP contribution in [0.5, 0.6) is 0 Å². The van der Waals surface area contributed by atoms with E-state index in [1.54, 1.807) is 0 Å². The highest BCUT2D eigenvalue weighted by atomic mass is 31.2. The summed E-state index contributed by atoms with van der Waals surface area (Å²) in [5.41, 5.74) is 1.52. The molecule has 2 fully saturated rings. The van der Waals surface area contributed by atoms with Gasteiger partial charge >= 0.3 is 13.3 Å². The number of aromatic nitrogens is 1. The zero-order chi connectivity index (χ0) is 42.6. The van der Waals surface area contributed by atoms with Crippen molar-refractivity contribution >= 4 is 53.9 Å². The number of carbonyl (C=O) groups excluding carboxylic acids is 6. The topological polar surface area (TPSA) is 244 Å². The van der Waals surface area contributed by atoms with E-state index in [1.165, 1.54) is 22.8 Å². The molecule has 8 N–H and O–H groups in total. The van der Waals surface area contributed by atoms with Gasteiger partial charge in [-0.05, 0) is 55.0 Å². The van der Waals surface area contributed by atoms with Crippen LogP contribution >= 0.6 is 7.60 Å². The van der Waals surface area contributed by atoms with Gasteiger partial charge in [0.2, 0.25) is 29.5 Å². The van der Waals surface area contributed by atoms with Gasteiger partial charge in [-0.15, -0.1) is 0 Å². The summed E-state index contributed by atoms with van der Waals surface area (Å²) in [5.74, 6) is -3.87. The lowest BCUT2D eigenvalue weighted by atomic mass is 9.98. The number of nitrogens with zero attached hydrogens (tertiary/aromatic N) is 2. The molecule has 0 radical (unpaired) electrons. The van der Waals surface area contributed by atoms with Crippen LogP contribution < -0.4 is 21.7 Å². The summed E-state index contributed by atoms with van der Waals surface area (Å²) >= 11 is 0. The fourth-order valence-corrected chi connectivity index (χ4v) is 8.06. The summed E-state index contributed by atoms with van der Waals surface area (Å²) in [7, 11) is -5.87. The molecule has 59 heavy (non-hydrogen) atoms. The van der Waals surface area contributed by atoms with Crippen LogP contribution in [0.3, 0.4) is 0 Å². The first kappa shape index (κ1) is 42.6. The van der Waals surface area contributed by atoms with Crippen molar-refractivity contribution in [3.05, 3.63) is 107 Å². The zero-order valence-corrected chi connectivity index (χ0v) is 32.7. The van der Waals surface area contributed by atoms with E-state index in [1.807, 2.05) is 60.7 Å². The van der Waals surface area contributed by atoms with Crippen molar-refractivity contribution in [3.63, 3.8) is 0 Å². The van der Waals surface area contributed by atoms with Gasteiger partial charge in [0.25, 0.3) is 5.91 Å². The largest absolute Gasteiger partial charge is 0.399 e. The Balaban J connectivity index is 1.23. The third-order valence-electron chi connectivity index (χ3n) is 10.7. The van der Waals surface area contributed by atoms with Crippen molar-refractivity contribution in [3.8, 4) is 0 Å². The highest BCUT2D eigenvalue weighted by Gasteiger charge is 2.50. The molecule has 6 amide bonds. The second-order valence-corrected chi connectivity index (χ2v) is 16.3. The van der Waals surface area contributed by atoms with Gasteiger partial charge in [-0.1, -0.05) is 66.7 Å². The molecule has 6 rings (SSSR count). The van der Waals surface area contributed by atoms with Crippen LogP contribution in [-0.2, 0) is 34.2 Å². The molecule has 3 heterocycles. The van der Waals surface area contributed by atoms with E-state index in [0.717, 1.165) is 29.3 Å². The predicted octanol–water partition coefficient (Wildman–Crippen LogP) is 2.76. The van der Waals surface area contributed by atoms with Crippen LogP contribution in [0.15, 0.2) is 84.9 Å². The molecular weight excluding hydrogens is 791 g/mol. The van der Waals surface area contributed by atoms with Gasteiger partial charge in [-0.25, -0.2) is 0 Å². The second kappa shape index (κ2) is 17.5. The summed E-state index contributed by atoms with van der Waals surface area (Å²) in [4.78, 5) is 105. The molecule has 0 aliphatic carbocycles. The molecule has 1 aromatic heterocycles. The van der Waals surface area contributed by atoms with E-state index < -0.39 is 78.6 Å². The first-order valence-electron chi connectivity index (χ1n) is 18.9. The molecule has 2 aliphatic rings. The first-order valence-corrected chi connectivity index (χ1v) is 20.5. The van der Waals surface area contributed by atoms with E-state index in [2.05, 4.69) is 20.9 Å². The van der Waals surface area contributed by atoms with Crippen molar-refractivity contribution in [2.45, 2.75) is 74.9 Å². The highest BCUT2D eigenvalue weighted by Crippen LogP contribution is 2.59. The number of nitrogens with one attached hydrogen (secondary N) is 4. The van der Waals surface area contributed by atoms with Gasteiger partial charge < -0.3 is 46.3 Å². The molecule has 3 aromatic carbocycles. The van der Waals surface area contributed by atoms with E-state index in [4.69, 9.17) is 5.73 Å². The molecular formula is C40H44F2N7O9P. The van der Waals surface area contributed by atoms with Crippen LogP contribution in [0.25, 0.3) is 10.9 Å². The van der Waals surface area contributed by atoms with Crippen LogP contribution in [0.2, 0.25) is 0 Å². The number of H-pyrrole nitrogens is 1. The number of hydrogen-bond donors (Lipinski definition) is 7. The Hall–Kier alpha value is -5.97. The summed E-state index contributed by atoms with van der Waals surface area (Å²) in [6, 6.07) is 17.4. The normalized spacial score (nSPS) is 19.1. The third-order valence-corrected chi connectivity index (χ3v) is 11.7. The number of fused-ring (bicyclic) bond motifs is 2. The van der Waals surface area contributed by atoms with Crippen LogP contribution in [0.4, 0.5) is 8.78 Å². The van der Waals surface area contributed by atoms with Crippen molar-refractivity contribution in [1.29, 1.82) is 0 Å². The lowest BCUT2D eigenvalue weighted by Gasteiger charge is -2.38. The van der Waals surface area contributed by atoms with Crippen molar-refractivity contribution < 1.29 is 51.9 Å². The molecule has 0 spiro atoms. The molecule has 0 bridgehead atoms. The first-order chi connectivity index (χ1) is 27.9. The van der Waals surface area contributed by atoms with Crippen LogP contribution in [-0.4, -0.2) is 97.3 Å². The van der Waals surface area contributed by atoms with Gasteiger partial charge in [0.15, 0.2) is 0 Å². The Morgan fingerprint density at radius 1 is 0.932 bits per heavy atom. The monoisotopic (exact) mass is 835 g/mol. The smallest absolute Gasteiger partial charge is 0.370 e. The molecule has 4 atom stereocenters. The maximum absolute atomic E-state index is 14.4.